The molecule has 10 rings (SSSR count). The van der Waals surface area contributed by atoms with Crippen LogP contribution in [-0.4, -0.2) is 0 Å². The van der Waals surface area contributed by atoms with Gasteiger partial charge < -0.3 is 0 Å². The Morgan fingerprint density at radius 3 is 0.842 bits per heavy atom. The molecule has 0 saturated carbocycles. The Balaban J connectivity index is 1.43. The Bertz CT molecular complexity index is 2730. The molecule has 0 aliphatic carbocycles. The molecule has 10 aromatic rings. The summed E-state index contributed by atoms with van der Waals surface area (Å²) in [6.07, 6.45) is 19.0. The van der Waals surface area contributed by atoms with Crippen molar-refractivity contribution in [2.45, 2.75) is 117 Å². The van der Waals surface area contributed by atoms with Crippen LogP contribution in [0.2, 0.25) is 0 Å². The van der Waals surface area contributed by atoms with E-state index in [0.717, 1.165) is 0 Å². The second-order valence-electron chi connectivity index (χ2n) is 16.7. The molecule has 288 valence electrons. The number of fused-ring (bicyclic) bond motifs is 21. The summed E-state index contributed by atoms with van der Waals surface area (Å²) in [7, 11) is 0. The van der Waals surface area contributed by atoms with Crippen LogP contribution < -0.4 is 0 Å². The smallest absolute Gasteiger partial charge is 0.0430 e. The van der Waals surface area contributed by atoms with Crippen molar-refractivity contribution in [3.8, 4) is 0 Å². The molecule has 0 aliphatic heterocycles. The first kappa shape index (κ1) is 37.3. The molecule has 0 nitrogen and oxygen atoms in total. The van der Waals surface area contributed by atoms with Crippen molar-refractivity contribution in [2.24, 2.45) is 0 Å². The van der Waals surface area contributed by atoms with Gasteiger partial charge in [-0.25, -0.2) is 0 Å². The van der Waals surface area contributed by atoms with E-state index in [1.807, 2.05) is 0 Å². The fraction of sp³-hybridized carbons (Fsp3) is 0.333. The van der Waals surface area contributed by atoms with Gasteiger partial charge in [-0.1, -0.05) is 151 Å². The Kier molecular flexibility index (Phi) is 10.4. The van der Waals surface area contributed by atoms with Crippen molar-refractivity contribution in [3.05, 3.63) is 106 Å². The molecule has 3 heterocycles. The molecule has 0 saturated heterocycles. The fourth-order valence-electron chi connectivity index (χ4n) is 10.1. The van der Waals surface area contributed by atoms with E-state index in [2.05, 4.69) is 146 Å². The van der Waals surface area contributed by atoms with Crippen molar-refractivity contribution in [3.63, 3.8) is 0 Å². The van der Waals surface area contributed by atoms with Crippen LogP contribution in [0.4, 0.5) is 0 Å². The SMILES string of the molecule is CCCCCCc1cc2c(s1)c1ccccc1c1c2c2c3ccccc3c3sc(CCCCCC)cc3c2c2c3ccccc3c3sc(CCCCCC)cc3c12. The van der Waals surface area contributed by atoms with Crippen molar-refractivity contribution >= 4 is 129 Å². The summed E-state index contributed by atoms with van der Waals surface area (Å²) in [6.45, 7) is 6.96. The lowest BCUT2D eigenvalue weighted by molar-refractivity contribution is 0.670. The van der Waals surface area contributed by atoms with Gasteiger partial charge in [0.2, 0.25) is 0 Å². The average Bonchev–Trinajstić information content (AvgIpc) is 4.00. The zero-order valence-corrected chi connectivity index (χ0v) is 36.4. The summed E-state index contributed by atoms with van der Waals surface area (Å²) in [4.78, 5) is 4.61. The fourth-order valence-corrected chi connectivity index (χ4v) is 13.8. The second kappa shape index (κ2) is 16.0. The minimum atomic E-state index is 1.17. The van der Waals surface area contributed by atoms with Crippen LogP contribution in [0.3, 0.4) is 0 Å². The maximum absolute atomic E-state index is 2.63. The molecule has 3 heteroatoms. The molecule has 0 spiro atoms. The van der Waals surface area contributed by atoms with E-state index in [-0.39, 0.29) is 0 Å². The highest BCUT2D eigenvalue weighted by Crippen LogP contribution is 2.55. The molecule has 0 unspecified atom stereocenters. The normalized spacial score (nSPS) is 12.5. The summed E-state index contributed by atoms with van der Waals surface area (Å²) in [5, 5.41) is 21.6. The van der Waals surface area contributed by atoms with Crippen molar-refractivity contribution in [2.75, 3.05) is 0 Å². The maximum atomic E-state index is 2.63. The van der Waals surface area contributed by atoms with Gasteiger partial charge in [0.25, 0.3) is 0 Å². The number of hydrogen-bond donors (Lipinski definition) is 0. The highest BCUT2D eigenvalue weighted by molar-refractivity contribution is 7.21. The molecule has 0 fully saturated rings. The largest absolute Gasteiger partial charge is 0.140 e. The minimum Gasteiger partial charge on any atom is -0.140 e. The van der Waals surface area contributed by atoms with Crippen LogP contribution in [0.5, 0.6) is 0 Å². The zero-order chi connectivity index (χ0) is 38.5. The van der Waals surface area contributed by atoms with E-state index in [4.69, 9.17) is 0 Å². The Morgan fingerprint density at radius 2 is 0.561 bits per heavy atom. The van der Waals surface area contributed by atoms with Crippen LogP contribution in [0, 0.1) is 0 Å². The maximum Gasteiger partial charge on any atom is 0.0430 e. The van der Waals surface area contributed by atoms with E-state index in [0.29, 0.717) is 0 Å². The zero-order valence-electron chi connectivity index (χ0n) is 34.0. The quantitative estimate of drug-likeness (QED) is 0.0716. The number of rotatable bonds is 15. The van der Waals surface area contributed by atoms with Gasteiger partial charge in [-0.05, 0) is 89.0 Å². The summed E-state index contributed by atoms with van der Waals surface area (Å²) >= 11 is 6.20. The van der Waals surface area contributed by atoms with E-state index in [1.165, 1.54) is 206 Å². The molecule has 0 radical (unpaired) electrons. The number of aryl methyl sites for hydroxylation is 3. The number of thiophene rings is 3. The van der Waals surface area contributed by atoms with Gasteiger partial charge >= 0.3 is 0 Å². The van der Waals surface area contributed by atoms with E-state index in [1.54, 1.807) is 0 Å². The summed E-state index contributed by atoms with van der Waals surface area (Å²) in [5.74, 6) is 0. The molecular weight excluding hydrogens is 745 g/mol. The first-order valence-electron chi connectivity index (χ1n) is 22.1. The molecule has 0 bridgehead atoms. The molecule has 0 aliphatic rings. The topological polar surface area (TPSA) is 0 Å². The lowest BCUT2D eigenvalue weighted by Gasteiger charge is -2.19. The van der Waals surface area contributed by atoms with Crippen LogP contribution in [-0.2, 0) is 19.3 Å². The number of hydrogen-bond acceptors (Lipinski definition) is 3. The van der Waals surface area contributed by atoms with Gasteiger partial charge in [-0.2, -0.15) is 0 Å². The van der Waals surface area contributed by atoms with Crippen LogP contribution >= 0.6 is 34.0 Å². The first-order valence-corrected chi connectivity index (χ1v) is 24.6. The third kappa shape index (κ3) is 6.35. The molecule has 7 aromatic carbocycles. The molecule has 0 N–H and O–H groups in total. The highest BCUT2D eigenvalue weighted by atomic mass is 32.1. The Morgan fingerprint density at radius 1 is 0.298 bits per heavy atom. The van der Waals surface area contributed by atoms with Gasteiger partial charge in [0.1, 0.15) is 0 Å². The van der Waals surface area contributed by atoms with E-state index < -0.39 is 0 Å². The standard InChI is InChI=1S/C54H54S3/c1-4-7-10-13-22-34-31-43-49-46(37-25-16-19-28-40(37)52(43)55-34)50-44-32-35(23-14-11-8-5-2)57-54(44)42-30-21-18-27-39(42)48(50)51-45-33-36(24-15-12-9-6-3)56-53(45)41-29-20-17-26-38(41)47(49)51/h16-21,25-33H,4-15,22-24H2,1-3H3. The summed E-state index contributed by atoms with van der Waals surface area (Å²) in [5.41, 5.74) is 0. The highest BCUT2D eigenvalue weighted by Gasteiger charge is 2.25. The van der Waals surface area contributed by atoms with E-state index >= 15 is 0 Å². The van der Waals surface area contributed by atoms with E-state index in [9.17, 15) is 0 Å². The Labute approximate surface area is 349 Å². The third-order valence-electron chi connectivity index (χ3n) is 12.8. The third-order valence-corrected chi connectivity index (χ3v) is 16.5. The van der Waals surface area contributed by atoms with Crippen LogP contribution in [0.15, 0.2) is 91.0 Å². The first-order chi connectivity index (χ1) is 28.2. The summed E-state index contributed by atoms with van der Waals surface area (Å²) in [6, 6.07) is 36.2. The lowest BCUT2D eigenvalue weighted by Crippen LogP contribution is -1.91. The number of benzene rings is 7. The van der Waals surface area contributed by atoms with Gasteiger partial charge in [-0.3, -0.25) is 0 Å². The van der Waals surface area contributed by atoms with Gasteiger partial charge in [0.05, 0.1) is 0 Å². The molecular formula is C54H54S3. The molecule has 0 amide bonds. The monoisotopic (exact) mass is 798 g/mol. The molecule has 3 aromatic heterocycles. The second-order valence-corrected chi connectivity index (χ2v) is 20.1. The summed E-state index contributed by atoms with van der Waals surface area (Å²) < 4.78 is 4.40. The predicted molar refractivity (Wildman–Crippen MR) is 261 cm³/mol. The molecule has 0 atom stereocenters. The minimum absolute atomic E-state index is 1.17. The predicted octanol–water partition coefficient (Wildman–Crippen LogP) is 18.6. The van der Waals surface area contributed by atoms with Gasteiger partial charge in [0.15, 0.2) is 0 Å². The van der Waals surface area contributed by atoms with Crippen molar-refractivity contribution in [1.82, 2.24) is 0 Å². The average molecular weight is 799 g/mol. The number of unbranched alkanes of at least 4 members (excludes halogenated alkanes) is 9. The van der Waals surface area contributed by atoms with Crippen molar-refractivity contribution in [1.29, 1.82) is 0 Å². The lowest BCUT2D eigenvalue weighted by atomic mass is 9.83. The van der Waals surface area contributed by atoms with Gasteiger partial charge in [-0.15, -0.1) is 34.0 Å². The molecule has 57 heavy (non-hydrogen) atoms. The van der Waals surface area contributed by atoms with Crippen molar-refractivity contribution < 1.29 is 0 Å². The van der Waals surface area contributed by atoms with Crippen LogP contribution in [0.25, 0.3) is 94.9 Å². The van der Waals surface area contributed by atoms with Crippen LogP contribution in [0.1, 0.15) is 112 Å². The van der Waals surface area contributed by atoms with Gasteiger partial charge in [0, 0.05) is 77.2 Å². The Hall–Kier alpha value is -4.02.